The van der Waals surface area contributed by atoms with E-state index in [1.165, 1.54) is 12.8 Å². The van der Waals surface area contributed by atoms with Gasteiger partial charge in [0.2, 0.25) is 0 Å². The van der Waals surface area contributed by atoms with Crippen LogP contribution < -0.4 is 4.74 Å². The van der Waals surface area contributed by atoms with Gasteiger partial charge in [0.25, 0.3) is 5.91 Å². The molecule has 3 heteroatoms. The predicted molar refractivity (Wildman–Crippen MR) is 91.6 cm³/mol. The minimum atomic E-state index is 0.138. The number of para-hydroxylation sites is 1. The lowest BCUT2D eigenvalue weighted by Gasteiger charge is -2.22. The fourth-order valence-electron chi connectivity index (χ4n) is 2.98. The van der Waals surface area contributed by atoms with Crippen molar-refractivity contribution in [1.29, 1.82) is 0 Å². The molecule has 0 radical (unpaired) electrons. The quantitative estimate of drug-likeness (QED) is 0.843. The molecule has 1 amide bonds. The lowest BCUT2D eigenvalue weighted by molar-refractivity contribution is 0.0759. The first kappa shape index (κ1) is 15.6. The Hall–Kier alpha value is -2.29. The Labute approximate surface area is 137 Å². The number of rotatable bonds is 4. The zero-order valence-electron chi connectivity index (χ0n) is 13.4. The van der Waals surface area contributed by atoms with Gasteiger partial charge in [0.05, 0.1) is 0 Å². The fourth-order valence-corrected chi connectivity index (χ4v) is 2.98. The zero-order chi connectivity index (χ0) is 15.9. The van der Waals surface area contributed by atoms with E-state index in [1.807, 2.05) is 59.5 Å². The van der Waals surface area contributed by atoms with E-state index in [-0.39, 0.29) is 5.91 Å². The number of nitrogens with zero attached hydrogens (tertiary/aromatic N) is 1. The van der Waals surface area contributed by atoms with Crippen molar-refractivity contribution in [3.63, 3.8) is 0 Å². The maximum absolute atomic E-state index is 12.9. The van der Waals surface area contributed by atoms with Crippen LogP contribution in [-0.2, 0) is 6.61 Å². The summed E-state index contributed by atoms with van der Waals surface area (Å²) in [6.07, 6.45) is 4.66. The highest BCUT2D eigenvalue weighted by atomic mass is 16.5. The Morgan fingerprint density at radius 2 is 1.52 bits per heavy atom. The molecule has 2 aromatic rings. The van der Waals surface area contributed by atoms with Gasteiger partial charge in [0.1, 0.15) is 12.4 Å². The highest BCUT2D eigenvalue weighted by molar-refractivity contribution is 5.95. The van der Waals surface area contributed by atoms with Gasteiger partial charge < -0.3 is 9.64 Å². The van der Waals surface area contributed by atoms with Crippen LogP contribution in [0, 0.1) is 0 Å². The Balaban J connectivity index is 1.73. The number of benzene rings is 2. The van der Waals surface area contributed by atoms with Gasteiger partial charge in [0, 0.05) is 24.2 Å². The van der Waals surface area contributed by atoms with E-state index in [0.29, 0.717) is 6.61 Å². The maximum Gasteiger partial charge on any atom is 0.254 e. The number of likely N-dealkylation sites (tertiary alicyclic amines) is 1. The summed E-state index contributed by atoms with van der Waals surface area (Å²) >= 11 is 0. The van der Waals surface area contributed by atoms with Crippen LogP contribution in [0.5, 0.6) is 5.75 Å². The number of ether oxygens (including phenoxy) is 1. The van der Waals surface area contributed by atoms with Crippen LogP contribution in [0.3, 0.4) is 0 Å². The van der Waals surface area contributed by atoms with Gasteiger partial charge in [-0.25, -0.2) is 0 Å². The molecule has 1 aliphatic heterocycles. The summed E-state index contributed by atoms with van der Waals surface area (Å²) in [5.41, 5.74) is 1.72. The van der Waals surface area contributed by atoms with E-state index in [0.717, 1.165) is 42.8 Å². The average Bonchev–Trinajstić information content (AvgIpc) is 2.90. The molecule has 0 bridgehead atoms. The smallest absolute Gasteiger partial charge is 0.254 e. The number of hydrogen-bond acceptors (Lipinski definition) is 2. The molecular weight excluding hydrogens is 286 g/mol. The van der Waals surface area contributed by atoms with E-state index in [1.54, 1.807) is 0 Å². The molecule has 1 aliphatic rings. The standard InChI is InChI=1S/C20H23NO2/c22-20(21-14-8-1-2-9-15-21)19-13-7-6-10-17(19)16-23-18-11-4-3-5-12-18/h3-7,10-13H,1-2,8-9,14-16H2. The third-order valence-corrected chi connectivity index (χ3v) is 4.28. The van der Waals surface area contributed by atoms with Gasteiger partial charge in [-0.3, -0.25) is 4.79 Å². The van der Waals surface area contributed by atoms with Crippen LogP contribution in [0.1, 0.15) is 41.6 Å². The summed E-state index contributed by atoms with van der Waals surface area (Å²) in [4.78, 5) is 14.8. The van der Waals surface area contributed by atoms with Gasteiger partial charge in [-0.1, -0.05) is 49.2 Å². The van der Waals surface area contributed by atoms with Crippen LogP contribution in [0.15, 0.2) is 54.6 Å². The molecule has 0 atom stereocenters. The van der Waals surface area contributed by atoms with Gasteiger partial charge in [-0.05, 0) is 31.0 Å². The second-order valence-corrected chi connectivity index (χ2v) is 5.97. The van der Waals surface area contributed by atoms with E-state index in [2.05, 4.69) is 0 Å². The second kappa shape index (κ2) is 7.82. The van der Waals surface area contributed by atoms with Gasteiger partial charge in [0.15, 0.2) is 0 Å². The normalized spacial score (nSPS) is 15.0. The van der Waals surface area contributed by atoms with Crippen molar-refractivity contribution >= 4 is 5.91 Å². The third kappa shape index (κ3) is 4.13. The van der Waals surface area contributed by atoms with Crippen molar-refractivity contribution in [2.45, 2.75) is 32.3 Å². The first-order valence-corrected chi connectivity index (χ1v) is 8.39. The summed E-state index contributed by atoms with van der Waals surface area (Å²) in [5, 5.41) is 0. The molecule has 3 rings (SSSR count). The molecule has 0 aliphatic carbocycles. The zero-order valence-corrected chi connectivity index (χ0v) is 13.4. The minimum absolute atomic E-state index is 0.138. The summed E-state index contributed by atoms with van der Waals surface area (Å²) in [6, 6.07) is 17.5. The first-order chi connectivity index (χ1) is 11.3. The van der Waals surface area contributed by atoms with Crippen molar-refractivity contribution in [1.82, 2.24) is 4.90 Å². The Bertz CT molecular complexity index is 631. The van der Waals surface area contributed by atoms with E-state index in [4.69, 9.17) is 4.74 Å². The predicted octanol–water partition coefficient (Wildman–Crippen LogP) is 4.28. The van der Waals surface area contributed by atoms with Crippen LogP contribution >= 0.6 is 0 Å². The van der Waals surface area contributed by atoms with E-state index < -0.39 is 0 Å². The van der Waals surface area contributed by atoms with Crippen LogP contribution in [0.25, 0.3) is 0 Å². The topological polar surface area (TPSA) is 29.5 Å². The SMILES string of the molecule is O=C(c1ccccc1COc1ccccc1)N1CCCCCC1. The van der Waals surface area contributed by atoms with Crippen LogP contribution in [0.4, 0.5) is 0 Å². The molecular formula is C20H23NO2. The first-order valence-electron chi connectivity index (χ1n) is 8.39. The summed E-state index contributed by atoms with van der Waals surface area (Å²) < 4.78 is 5.82. The van der Waals surface area contributed by atoms with Crippen molar-refractivity contribution in [2.24, 2.45) is 0 Å². The molecule has 1 heterocycles. The van der Waals surface area contributed by atoms with Crippen molar-refractivity contribution in [2.75, 3.05) is 13.1 Å². The molecule has 1 fully saturated rings. The van der Waals surface area contributed by atoms with Crippen molar-refractivity contribution in [3.8, 4) is 5.75 Å². The second-order valence-electron chi connectivity index (χ2n) is 5.97. The fraction of sp³-hybridized carbons (Fsp3) is 0.350. The van der Waals surface area contributed by atoms with Gasteiger partial charge >= 0.3 is 0 Å². The molecule has 0 unspecified atom stereocenters. The molecule has 0 N–H and O–H groups in total. The average molecular weight is 309 g/mol. The number of amides is 1. The number of carbonyl (C=O) groups excluding carboxylic acids is 1. The maximum atomic E-state index is 12.9. The molecule has 120 valence electrons. The van der Waals surface area contributed by atoms with Crippen molar-refractivity contribution in [3.05, 3.63) is 65.7 Å². The molecule has 23 heavy (non-hydrogen) atoms. The lowest BCUT2D eigenvalue weighted by Crippen LogP contribution is -2.32. The minimum Gasteiger partial charge on any atom is -0.489 e. The Morgan fingerprint density at radius 1 is 0.870 bits per heavy atom. The third-order valence-electron chi connectivity index (χ3n) is 4.28. The highest BCUT2D eigenvalue weighted by Crippen LogP contribution is 2.18. The Kier molecular flexibility index (Phi) is 5.30. The van der Waals surface area contributed by atoms with Gasteiger partial charge in [-0.2, -0.15) is 0 Å². The molecule has 0 saturated carbocycles. The van der Waals surface area contributed by atoms with Crippen molar-refractivity contribution < 1.29 is 9.53 Å². The van der Waals surface area contributed by atoms with Crippen LogP contribution in [-0.4, -0.2) is 23.9 Å². The number of carbonyl (C=O) groups is 1. The summed E-state index contributed by atoms with van der Waals surface area (Å²) in [6.45, 7) is 2.15. The Morgan fingerprint density at radius 3 is 2.26 bits per heavy atom. The number of hydrogen-bond donors (Lipinski definition) is 0. The molecule has 3 nitrogen and oxygen atoms in total. The summed E-state index contributed by atoms with van der Waals surface area (Å²) in [5.74, 6) is 0.962. The molecule has 2 aromatic carbocycles. The lowest BCUT2D eigenvalue weighted by atomic mass is 10.1. The monoisotopic (exact) mass is 309 g/mol. The largest absolute Gasteiger partial charge is 0.489 e. The molecule has 1 saturated heterocycles. The van der Waals surface area contributed by atoms with Crippen LogP contribution in [0.2, 0.25) is 0 Å². The molecule has 0 aromatic heterocycles. The van der Waals surface area contributed by atoms with E-state index in [9.17, 15) is 4.79 Å². The highest BCUT2D eigenvalue weighted by Gasteiger charge is 2.19. The van der Waals surface area contributed by atoms with Gasteiger partial charge in [-0.15, -0.1) is 0 Å². The molecule has 0 spiro atoms. The summed E-state index contributed by atoms with van der Waals surface area (Å²) in [7, 11) is 0. The van der Waals surface area contributed by atoms with E-state index >= 15 is 0 Å².